The standard InChI is InChI=1S/C10H18F2O/c1-5-6(2)8(4)13-9(7(5)3)10(11)12/h5-10H,1-4H3/t5-,6?,7+,8-,9?/m1/s1. The Kier molecular flexibility index (Phi) is 3.28. The van der Waals surface area contributed by atoms with Gasteiger partial charge in [0.05, 0.1) is 6.10 Å². The molecule has 1 rings (SSSR count). The summed E-state index contributed by atoms with van der Waals surface area (Å²) in [5, 5.41) is 0. The van der Waals surface area contributed by atoms with Crippen molar-refractivity contribution in [3.05, 3.63) is 0 Å². The molecule has 0 aliphatic carbocycles. The minimum Gasteiger partial charge on any atom is -0.369 e. The van der Waals surface area contributed by atoms with E-state index in [4.69, 9.17) is 4.74 Å². The second-order valence-corrected chi connectivity index (χ2v) is 4.22. The predicted molar refractivity (Wildman–Crippen MR) is 47.8 cm³/mol. The fourth-order valence-corrected chi connectivity index (χ4v) is 1.99. The predicted octanol–water partition coefficient (Wildman–Crippen LogP) is 2.95. The number of halogens is 2. The van der Waals surface area contributed by atoms with Gasteiger partial charge >= 0.3 is 0 Å². The van der Waals surface area contributed by atoms with Crippen LogP contribution in [0.5, 0.6) is 0 Å². The first-order valence-electron chi connectivity index (χ1n) is 4.88. The molecule has 5 atom stereocenters. The van der Waals surface area contributed by atoms with Gasteiger partial charge in [0.1, 0.15) is 6.10 Å². The first-order valence-corrected chi connectivity index (χ1v) is 4.88. The summed E-state index contributed by atoms with van der Waals surface area (Å²) < 4.78 is 30.3. The lowest BCUT2D eigenvalue weighted by atomic mass is 9.77. The van der Waals surface area contributed by atoms with E-state index >= 15 is 0 Å². The van der Waals surface area contributed by atoms with Crippen LogP contribution in [0.2, 0.25) is 0 Å². The van der Waals surface area contributed by atoms with Crippen molar-refractivity contribution in [3.8, 4) is 0 Å². The Balaban J connectivity index is 2.70. The monoisotopic (exact) mass is 192 g/mol. The van der Waals surface area contributed by atoms with Gasteiger partial charge in [-0.05, 0) is 24.7 Å². The Labute approximate surface area is 78.5 Å². The van der Waals surface area contributed by atoms with Gasteiger partial charge in [-0.15, -0.1) is 0 Å². The zero-order chi connectivity index (χ0) is 10.2. The van der Waals surface area contributed by atoms with Crippen LogP contribution in [0.4, 0.5) is 8.78 Å². The summed E-state index contributed by atoms with van der Waals surface area (Å²) in [6.07, 6.45) is -3.28. The van der Waals surface area contributed by atoms with E-state index in [0.29, 0.717) is 11.8 Å². The Morgan fingerprint density at radius 1 is 0.923 bits per heavy atom. The average molecular weight is 192 g/mol. The highest BCUT2D eigenvalue weighted by Crippen LogP contribution is 2.36. The van der Waals surface area contributed by atoms with E-state index in [0.717, 1.165) is 0 Å². The molecule has 13 heavy (non-hydrogen) atoms. The zero-order valence-electron chi connectivity index (χ0n) is 8.63. The lowest BCUT2D eigenvalue weighted by Crippen LogP contribution is -2.46. The average Bonchev–Trinajstić information content (AvgIpc) is 2.07. The summed E-state index contributed by atoms with van der Waals surface area (Å²) in [7, 11) is 0. The van der Waals surface area contributed by atoms with E-state index in [9.17, 15) is 8.78 Å². The molecule has 1 fully saturated rings. The van der Waals surface area contributed by atoms with Crippen molar-refractivity contribution in [2.24, 2.45) is 17.8 Å². The smallest absolute Gasteiger partial charge is 0.264 e. The summed E-state index contributed by atoms with van der Waals surface area (Å²) in [6, 6.07) is 0. The van der Waals surface area contributed by atoms with Crippen LogP contribution >= 0.6 is 0 Å². The normalized spacial score (nSPS) is 46.8. The van der Waals surface area contributed by atoms with E-state index < -0.39 is 12.5 Å². The van der Waals surface area contributed by atoms with Crippen LogP contribution in [0.25, 0.3) is 0 Å². The lowest BCUT2D eigenvalue weighted by molar-refractivity contribution is -0.175. The van der Waals surface area contributed by atoms with E-state index in [-0.39, 0.29) is 12.0 Å². The maximum absolute atomic E-state index is 12.5. The molecule has 1 saturated heterocycles. The minimum atomic E-state index is -2.35. The number of hydrogen-bond acceptors (Lipinski definition) is 1. The molecule has 0 radical (unpaired) electrons. The van der Waals surface area contributed by atoms with Gasteiger partial charge in [0.15, 0.2) is 0 Å². The molecule has 3 heteroatoms. The van der Waals surface area contributed by atoms with E-state index in [2.05, 4.69) is 6.92 Å². The topological polar surface area (TPSA) is 9.23 Å². The highest BCUT2D eigenvalue weighted by atomic mass is 19.3. The van der Waals surface area contributed by atoms with Gasteiger partial charge in [0.2, 0.25) is 0 Å². The minimum absolute atomic E-state index is 0.0498. The van der Waals surface area contributed by atoms with Gasteiger partial charge in [-0.2, -0.15) is 0 Å². The zero-order valence-corrected chi connectivity index (χ0v) is 8.63. The number of rotatable bonds is 1. The summed E-state index contributed by atoms with van der Waals surface area (Å²) in [4.78, 5) is 0. The maximum atomic E-state index is 12.5. The summed E-state index contributed by atoms with van der Waals surface area (Å²) in [5.74, 6) is 0.624. The first kappa shape index (κ1) is 10.9. The molecule has 1 nitrogen and oxygen atoms in total. The van der Waals surface area contributed by atoms with Gasteiger partial charge in [0.25, 0.3) is 6.43 Å². The molecule has 0 aromatic rings. The Morgan fingerprint density at radius 3 is 1.92 bits per heavy atom. The Morgan fingerprint density at radius 2 is 1.46 bits per heavy atom. The third kappa shape index (κ3) is 2.01. The first-order chi connectivity index (χ1) is 5.95. The molecule has 0 aromatic heterocycles. The van der Waals surface area contributed by atoms with Crippen LogP contribution in [0.1, 0.15) is 27.7 Å². The highest BCUT2D eigenvalue weighted by Gasteiger charge is 2.41. The van der Waals surface area contributed by atoms with Crippen LogP contribution in [0.3, 0.4) is 0 Å². The molecule has 78 valence electrons. The van der Waals surface area contributed by atoms with Crippen LogP contribution < -0.4 is 0 Å². The molecule has 1 heterocycles. The molecule has 0 N–H and O–H groups in total. The van der Waals surface area contributed by atoms with Gasteiger partial charge in [-0.1, -0.05) is 20.8 Å². The number of ether oxygens (including phenoxy) is 1. The fraction of sp³-hybridized carbons (Fsp3) is 1.00. The van der Waals surface area contributed by atoms with Crippen LogP contribution in [0.15, 0.2) is 0 Å². The third-order valence-electron chi connectivity index (χ3n) is 3.54. The fourth-order valence-electron chi connectivity index (χ4n) is 1.99. The van der Waals surface area contributed by atoms with Crippen molar-refractivity contribution >= 4 is 0 Å². The van der Waals surface area contributed by atoms with Gasteiger partial charge < -0.3 is 4.74 Å². The van der Waals surface area contributed by atoms with E-state index in [1.54, 1.807) is 0 Å². The molecule has 1 aliphatic rings. The van der Waals surface area contributed by atoms with E-state index in [1.165, 1.54) is 0 Å². The molecule has 0 amide bonds. The van der Waals surface area contributed by atoms with Crippen molar-refractivity contribution in [1.82, 2.24) is 0 Å². The molecular formula is C10H18F2O. The number of alkyl halides is 2. The van der Waals surface area contributed by atoms with Crippen molar-refractivity contribution in [3.63, 3.8) is 0 Å². The van der Waals surface area contributed by atoms with Crippen LogP contribution in [0, 0.1) is 17.8 Å². The second-order valence-electron chi connectivity index (χ2n) is 4.22. The van der Waals surface area contributed by atoms with Crippen molar-refractivity contribution in [2.45, 2.75) is 46.3 Å². The van der Waals surface area contributed by atoms with Crippen molar-refractivity contribution < 1.29 is 13.5 Å². The van der Waals surface area contributed by atoms with Crippen LogP contribution in [-0.2, 0) is 4.74 Å². The summed E-state index contributed by atoms with van der Waals surface area (Å²) in [5.41, 5.74) is 0. The largest absolute Gasteiger partial charge is 0.369 e. The van der Waals surface area contributed by atoms with Gasteiger partial charge in [-0.25, -0.2) is 8.78 Å². The molecule has 1 aliphatic heterocycles. The number of hydrogen-bond donors (Lipinski definition) is 0. The molecule has 0 aromatic carbocycles. The van der Waals surface area contributed by atoms with Gasteiger partial charge in [0, 0.05) is 0 Å². The van der Waals surface area contributed by atoms with E-state index in [1.807, 2.05) is 20.8 Å². The van der Waals surface area contributed by atoms with Gasteiger partial charge in [-0.3, -0.25) is 0 Å². The third-order valence-corrected chi connectivity index (χ3v) is 3.54. The molecular weight excluding hydrogens is 174 g/mol. The summed E-state index contributed by atoms with van der Waals surface area (Å²) in [6.45, 7) is 7.82. The molecule has 0 bridgehead atoms. The lowest BCUT2D eigenvalue weighted by Gasteiger charge is -2.42. The Hall–Kier alpha value is -0.180. The Bertz CT molecular complexity index is 172. The summed E-state index contributed by atoms with van der Waals surface area (Å²) >= 11 is 0. The van der Waals surface area contributed by atoms with Crippen LogP contribution in [-0.4, -0.2) is 18.6 Å². The maximum Gasteiger partial charge on any atom is 0.264 e. The quantitative estimate of drug-likeness (QED) is 0.620. The highest BCUT2D eigenvalue weighted by molar-refractivity contribution is 4.85. The molecule has 2 unspecified atom stereocenters. The second kappa shape index (κ2) is 3.91. The SMILES string of the molecule is CC1[C@@H](C)[C@H](C)C(C(F)F)O[C@@H]1C. The molecule has 0 saturated carbocycles. The van der Waals surface area contributed by atoms with Crippen molar-refractivity contribution in [2.75, 3.05) is 0 Å². The molecule has 0 spiro atoms. The van der Waals surface area contributed by atoms with Crippen molar-refractivity contribution in [1.29, 1.82) is 0 Å².